The van der Waals surface area contributed by atoms with E-state index in [0.29, 0.717) is 12.6 Å². The van der Waals surface area contributed by atoms with Crippen LogP contribution < -0.4 is 4.90 Å². The van der Waals surface area contributed by atoms with Gasteiger partial charge in [-0.2, -0.15) is 0 Å². The van der Waals surface area contributed by atoms with Crippen LogP contribution in [0.1, 0.15) is 23.2 Å². The molecule has 4 nitrogen and oxygen atoms in total. The lowest BCUT2D eigenvalue weighted by Crippen LogP contribution is -2.37. The third-order valence-corrected chi connectivity index (χ3v) is 3.83. The molecule has 0 aliphatic carbocycles. The van der Waals surface area contributed by atoms with E-state index in [1.165, 1.54) is 4.90 Å². The molecule has 3 rings (SSSR count). The zero-order valence-corrected chi connectivity index (χ0v) is 10.9. The van der Waals surface area contributed by atoms with Crippen LogP contribution in [0.5, 0.6) is 0 Å². The molecule has 2 heterocycles. The van der Waals surface area contributed by atoms with Crippen LogP contribution in [0.4, 0.5) is 14.5 Å². The number of anilines is 1. The Labute approximate surface area is 115 Å². The molecule has 6 heteroatoms. The molecule has 20 heavy (non-hydrogen) atoms. The van der Waals surface area contributed by atoms with Gasteiger partial charge in [-0.05, 0) is 32.0 Å². The van der Waals surface area contributed by atoms with Crippen LogP contribution in [0.3, 0.4) is 0 Å². The summed E-state index contributed by atoms with van der Waals surface area (Å²) in [5.74, 6) is -3.42. The largest absolute Gasteiger partial charge is 0.303 e. The standard InChI is InChI=1S/C14H14F2N2O2/c15-9-7-10(16)12-11(8-9)18(14(20)13(12)19)6-5-17-3-1-2-4-17/h7-8H,1-6H2. The number of fused-ring (bicyclic) bond motifs is 1. The van der Waals surface area contributed by atoms with Crippen LogP contribution in [-0.2, 0) is 4.79 Å². The first kappa shape index (κ1) is 13.2. The topological polar surface area (TPSA) is 40.6 Å². The van der Waals surface area contributed by atoms with Crippen LogP contribution in [0.15, 0.2) is 12.1 Å². The van der Waals surface area contributed by atoms with E-state index < -0.39 is 23.3 Å². The van der Waals surface area contributed by atoms with Crippen LogP contribution in [0, 0.1) is 11.6 Å². The predicted octanol–water partition coefficient (Wildman–Crippen LogP) is 1.59. The van der Waals surface area contributed by atoms with E-state index in [1.54, 1.807) is 0 Å². The van der Waals surface area contributed by atoms with E-state index in [4.69, 9.17) is 0 Å². The smallest absolute Gasteiger partial charge is 0.299 e. The third kappa shape index (κ3) is 2.10. The Bertz CT molecular complexity index is 583. The Balaban J connectivity index is 1.85. The van der Waals surface area contributed by atoms with Crippen molar-refractivity contribution in [2.24, 2.45) is 0 Å². The zero-order chi connectivity index (χ0) is 14.3. The molecule has 0 atom stereocenters. The molecule has 1 aromatic rings. The van der Waals surface area contributed by atoms with Gasteiger partial charge in [0.15, 0.2) is 0 Å². The Morgan fingerprint density at radius 2 is 1.75 bits per heavy atom. The molecule has 1 amide bonds. The maximum absolute atomic E-state index is 13.6. The molecule has 2 aliphatic rings. The summed E-state index contributed by atoms with van der Waals surface area (Å²) in [6.07, 6.45) is 2.24. The van der Waals surface area contributed by atoms with E-state index >= 15 is 0 Å². The van der Waals surface area contributed by atoms with Crippen molar-refractivity contribution in [3.8, 4) is 0 Å². The lowest BCUT2D eigenvalue weighted by molar-refractivity contribution is -0.114. The molecule has 0 bridgehead atoms. The number of nitrogens with zero attached hydrogens (tertiary/aromatic N) is 2. The maximum Gasteiger partial charge on any atom is 0.299 e. The minimum Gasteiger partial charge on any atom is -0.303 e. The second-order valence-corrected chi connectivity index (χ2v) is 5.12. The van der Waals surface area contributed by atoms with Gasteiger partial charge in [0, 0.05) is 19.2 Å². The van der Waals surface area contributed by atoms with Crippen molar-refractivity contribution >= 4 is 17.4 Å². The number of amides is 1. The van der Waals surface area contributed by atoms with Crippen LogP contribution >= 0.6 is 0 Å². The van der Waals surface area contributed by atoms with E-state index in [1.807, 2.05) is 0 Å². The molecular weight excluding hydrogens is 266 g/mol. The van der Waals surface area contributed by atoms with E-state index in [9.17, 15) is 18.4 Å². The zero-order valence-electron chi connectivity index (χ0n) is 10.9. The van der Waals surface area contributed by atoms with Gasteiger partial charge in [-0.3, -0.25) is 9.59 Å². The molecule has 0 N–H and O–H groups in total. The van der Waals surface area contributed by atoms with Crippen LogP contribution in [-0.4, -0.2) is 42.8 Å². The summed E-state index contributed by atoms with van der Waals surface area (Å²) in [4.78, 5) is 27.0. The molecule has 1 saturated heterocycles. The minimum atomic E-state index is -0.970. The number of carbonyl (C=O) groups excluding carboxylic acids is 2. The number of Topliss-reactive ketones (excluding diaryl/α,β-unsaturated/α-hetero) is 1. The van der Waals surface area contributed by atoms with E-state index in [2.05, 4.69) is 4.90 Å². The van der Waals surface area contributed by atoms with Crippen molar-refractivity contribution in [1.29, 1.82) is 0 Å². The normalized spacial score (nSPS) is 19.0. The number of hydrogen-bond donors (Lipinski definition) is 0. The molecule has 106 valence electrons. The summed E-state index contributed by atoms with van der Waals surface area (Å²) in [6, 6.07) is 1.68. The quantitative estimate of drug-likeness (QED) is 0.789. The van der Waals surface area contributed by atoms with Crippen molar-refractivity contribution in [1.82, 2.24) is 4.90 Å². The summed E-state index contributed by atoms with van der Waals surface area (Å²) in [5.41, 5.74) is -0.255. The molecule has 0 radical (unpaired) electrons. The van der Waals surface area contributed by atoms with Gasteiger partial charge in [0.2, 0.25) is 0 Å². The Morgan fingerprint density at radius 1 is 1.05 bits per heavy atom. The highest BCUT2D eigenvalue weighted by Crippen LogP contribution is 2.31. The monoisotopic (exact) mass is 280 g/mol. The minimum absolute atomic E-state index is 0.0525. The summed E-state index contributed by atoms with van der Waals surface area (Å²) < 4.78 is 26.9. The van der Waals surface area contributed by atoms with Crippen LogP contribution in [0.2, 0.25) is 0 Å². The van der Waals surface area contributed by atoms with Gasteiger partial charge in [-0.1, -0.05) is 0 Å². The van der Waals surface area contributed by atoms with Crippen molar-refractivity contribution in [3.63, 3.8) is 0 Å². The Hall–Kier alpha value is -1.82. The highest BCUT2D eigenvalue weighted by Gasteiger charge is 2.38. The SMILES string of the molecule is O=C1C(=O)N(CCN2CCCC2)c2cc(F)cc(F)c21. The molecule has 0 aromatic heterocycles. The lowest BCUT2D eigenvalue weighted by Gasteiger charge is -2.21. The van der Waals surface area contributed by atoms with Crippen LogP contribution in [0.25, 0.3) is 0 Å². The highest BCUT2D eigenvalue weighted by molar-refractivity contribution is 6.52. The maximum atomic E-state index is 13.6. The van der Waals surface area contributed by atoms with Crippen molar-refractivity contribution < 1.29 is 18.4 Å². The number of ketones is 1. The Morgan fingerprint density at radius 3 is 2.45 bits per heavy atom. The number of carbonyl (C=O) groups is 2. The van der Waals surface area contributed by atoms with Gasteiger partial charge in [-0.15, -0.1) is 0 Å². The average molecular weight is 280 g/mol. The number of benzene rings is 1. The fourth-order valence-electron chi connectivity index (χ4n) is 2.81. The number of rotatable bonds is 3. The fraction of sp³-hybridized carbons (Fsp3) is 0.429. The van der Waals surface area contributed by atoms with Gasteiger partial charge < -0.3 is 9.80 Å². The first-order valence-corrected chi connectivity index (χ1v) is 6.65. The Kier molecular flexibility index (Phi) is 3.25. The molecule has 0 unspecified atom stereocenters. The van der Waals surface area contributed by atoms with Crippen molar-refractivity contribution in [2.45, 2.75) is 12.8 Å². The summed E-state index contributed by atoms with van der Waals surface area (Å²) in [7, 11) is 0. The first-order valence-electron chi connectivity index (χ1n) is 6.65. The number of likely N-dealkylation sites (tertiary alicyclic amines) is 1. The first-order chi connectivity index (χ1) is 9.58. The van der Waals surface area contributed by atoms with Gasteiger partial charge in [0.25, 0.3) is 11.7 Å². The predicted molar refractivity (Wildman–Crippen MR) is 68.7 cm³/mol. The molecule has 0 saturated carbocycles. The van der Waals surface area contributed by atoms with E-state index in [-0.39, 0.29) is 17.8 Å². The number of halogens is 2. The molecular formula is C14H14F2N2O2. The molecule has 0 spiro atoms. The lowest BCUT2D eigenvalue weighted by atomic mass is 10.1. The number of hydrogen-bond acceptors (Lipinski definition) is 3. The molecule has 1 fully saturated rings. The second-order valence-electron chi connectivity index (χ2n) is 5.12. The van der Waals surface area contributed by atoms with Crippen molar-refractivity contribution in [3.05, 3.63) is 29.3 Å². The fourth-order valence-corrected chi connectivity index (χ4v) is 2.81. The van der Waals surface area contributed by atoms with E-state index in [0.717, 1.165) is 32.0 Å². The highest BCUT2D eigenvalue weighted by atomic mass is 19.1. The van der Waals surface area contributed by atoms with Gasteiger partial charge in [0.1, 0.15) is 11.6 Å². The van der Waals surface area contributed by atoms with Gasteiger partial charge in [-0.25, -0.2) is 8.78 Å². The average Bonchev–Trinajstić information content (AvgIpc) is 2.97. The summed E-state index contributed by atoms with van der Waals surface area (Å²) in [5, 5.41) is 0. The van der Waals surface area contributed by atoms with Gasteiger partial charge in [0.05, 0.1) is 11.3 Å². The summed E-state index contributed by atoms with van der Waals surface area (Å²) in [6.45, 7) is 2.80. The van der Waals surface area contributed by atoms with Crippen molar-refractivity contribution in [2.75, 3.05) is 31.1 Å². The molecule has 2 aliphatic heterocycles. The molecule has 1 aromatic carbocycles. The van der Waals surface area contributed by atoms with Gasteiger partial charge >= 0.3 is 0 Å². The second kappa shape index (κ2) is 4.94. The third-order valence-electron chi connectivity index (χ3n) is 3.83. The summed E-state index contributed by atoms with van der Waals surface area (Å²) >= 11 is 0.